The summed E-state index contributed by atoms with van der Waals surface area (Å²) < 4.78 is 37.1. The van der Waals surface area contributed by atoms with Crippen molar-refractivity contribution in [2.75, 3.05) is 0 Å². The first kappa shape index (κ1) is 18.3. The Morgan fingerprint density at radius 3 is 2.46 bits per heavy atom. The predicted molar refractivity (Wildman–Crippen MR) is 92.3 cm³/mol. The molecule has 0 saturated carbocycles. The van der Waals surface area contributed by atoms with Gasteiger partial charge in [0.05, 0.1) is 4.90 Å². The van der Waals surface area contributed by atoms with Gasteiger partial charge in [-0.1, -0.05) is 32.3 Å². The normalized spacial score (nSPS) is 11.4. The fraction of sp³-hybridized carbons (Fsp3) is 0.333. The van der Waals surface area contributed by atoms with Crippen molar-refractivity contribution in [3.8, 4) is 17.2 Å². The van der Waals surface area contributed by atoms with Crippen LogP contribution in [0.15, 0.2) is 47.4 Å². The van der Waals surface area contributed by atoms with Crippen LogP contribution in [0.1, 0.15) is 38.2 Å². The fourth-order valence-electron chi connectivity index (χ4n) is 2.40. The minimum absolute atomic E-state index is 0.224. The molecule has 2 N–H and O–H groups in total. The molecule has 0 saturated heterocycles. The predicted octanol–water partition coefficient (Wildman–Crippen LogP) is 4.55. The lowest BCUT2D eigenvalue weighted by Gasteiger charge is -2.10. The number of aryl methyl sites for hydroxylation is 1. The van der Waals surface area contributed by atoms with E-state index in [1.165, 1.54) is 24.6 Å². The van der Waals surface area contributed by atoms with Crippen molar-refractivity contribution in [1.82, 2.24) is 0 Å². The van der Waals surface area contributed by atoms with Crippen LogP contribution in [-0.4, -0.2) is 18.1 Å². The molecule has 2 rings (SSSR count). The first-order valence-corrected chi connectivity index (χ1v) is 9.41. The molecule has 2 aromatic rings. The molecular weight excluding hydrogens is 328 g/mol. The van der Waals surface area contributed by atoms with Gasteiger partial charge in [-0.05, 0) is 48.7 Å². The van der Waals surface area contributed by atoms with Crippen LogP contribution < -0.4 is 4.74 Å². The molecule has 0 heterocycles. The van der Waals surface area contributed by atoms with Crippen LogP contribution in [0.25, 0.3) is 0 Å². The quantitative estimate of drug-likeness (QED) is 0.539. The van der Waals surface area contributed by atoms with Crippen LogP contribution >= 0.6 is 0 Å². The Kier molecular flexibility index (Phi) is 6.23. The largest absolute Gasteiger partial charge is 0.508 e. The maximum Gasteiger partial charge on any atom is 0.294 e. The van der Waals surface area contributed by atoms with E-state index in [0.29, 0.717) is 11.5 Å². The summed E-state index contributed by atoms with van der Waals surface area (Å²) in [5.41, 5.74) is 0.800. The van der Waals surface area contributed by atoms with Gasteiger partial charge in [-0.3, -0.25) is 4.55 Å². The van der Waals surface area contributed by atoms with Crippen molar-refractivity contribution in [3.63, 3.8) is 0 Å². The van der Waals surface area contributed by atoms with E-state index in [4.69, 9.17) is 9.29 Å². The maximum absolute atomic E-state index is 11.2. The Bertz CT molecular complexity index is 784. The van der Waals surface area contributed by atoms with Crippen LogP contribution in [0.2, 0.25) is 0 Å². The second kappa shape index (κ2) is 8.17. The molecule has 24 heavy (non-hydrogen) atoms. The van der Waals surface area contributed by atoms with Gasteiger partial charge >= 0.3 is 0 Å². The smallest absolute Gasteiger partial charge is 0.294 e. The van der Waals surface area contributed by atoms with Crippen molar-refractivity contribution in [2.24, 2.45) is 0 Å². The van der Waals surface area contributed by atoms with Crippen molar-refractivity contribution in [1.29, 1.82) is 0 Å². The highest BCUT2D eigenvalue weighted by atomic mass is 32.2. The third-order valence-electron chi connectivity index (χ3n) is 3.69. The van der Waals surface area contributed by atoms with Gasteiger partial charge in [-0.25, -0.2) is 0 Å². The Hall–Kier alpha value is -2.05. The van der Waals surface area contributed by atoms with Gasteiger partial charge in [0.15, 0.2) is 0 Å². The van der Waals surface area contributed by atoms with E-state index in [0.717, 1.165) is 31.2 Å². The van der Waals surface area contributed by atoms with Crippen LogP contribution in [-0.2, 0) is 16.5 Å². The summed E-state index contributed by atoms with van der Waals surface area (Å²) in [5, 5.41) is 9.94. The molecule has 0 radical (unpaired) electrons. The summed E-state index contributed by atoms with van der Waals surface area (Å²) in [6.45, 7) is 2.15. The first-order chi connectivity index (χ1) is 11.4. The van der Waals surface area contributed by atoms with Gasteiger partial charge in [0.25, 0.3) is 10.1 Å². The molecule has 0 aliphatic heterocycles. The van der Waals surface area contributed by atoms with Crippen molar-refractivity contribution in [3.05, 3.63) is 48.0 Å². The highest BCUT2D eigenvalue weighted by molar-refractivity contribution is 7.85. The van der Waals surface area contributed by atoms with Crippen LogP contribution in [0.3, 0.4) is 0 Å². The zero-order valence-electron chi connectivity index (χ0n) is 13.6. The highest BCUT2D eigenvalue weighted by Gasteiger charge is 2.11. The monoisotopic (exact) mass is 350 g/mol. The number of unbranched alkanes of at least 4 members (excludes halogenated alkanes) is 3. The standard InChI is InChI=1S/C18H22O5S/c1-2-3-4-5-7-14-12-16(10-11-18(14)19)23-15-8-6-9-17(13-15)24(20,21)22/h6,8-13,19H,2-5,7H2,1H3,(H,20,21,22). The number of benzene rings is 2. The van der Waals surface area contributed by atoms with E-state index in [1.807, 2.05) is 0 Å². The third kappa shape index (κ3) is 5.25. The Labute approximate surface area is 142 Å². The summed E-state index contributed by atoms with van der Waals surface area (Å²) in [6, 6.07) is 10.6. The topological polar surface area (TPSA) is 83.8 Å². The van der Waals surface area contributed by atoms with Crippen molar-refractivity contribution < 1.29 is 22.8 Å². The molecule has 0 bridgehead atoms. The lowest BCUT2D eigenvalue weighted by atomic mass is 10.1. The molecule has 0 spiro atoms. The van der Waals surface area contributed by atoms with E-state index in [1.54, 1.807) is 24.3 Å². The lowest BCUT2D eigenvalue weighted by molar-refractivity contribution is 0.455. The van der Waals surface area contributed by atoms with Crippen LogP contribution in [0, 0.1) is 0 Å². The van der Waals surface area contributed by atoms with Crippen molar-refractivity contribution >= 4 is 10.1 Å². The SMILES string of the molecule is CCCCCCc1cc(Oc2cccc(S(=O)(=O)O)c2)ccc1O. The minimum Gasteiger partial charge on any atom is -0.508 e. The number of rotatable bonds is 8. The molecule has 130 valence electrons. The molecule has 0 unspecified atom stereocenters. The van der Waals surface area contributed by atoms with E-state index >= 15 is 0 Å². The average molecular weight is 350 g/mol. The molecule has 0 aliphatic rings. The molecule has 0 amide bonds. The Morgan fingerprint density at radius 1 is 1.00 bits per heavy atom. The second-order valence-electron chi connectivity index (χ2n) is 5.65. The van der Waals surface area contributed by atoms with Gasteiger partial charge < -0.3 is 9.84 Å². The second-order valence-corrected chi connectivity index (χ2v) is 7.07. The number of phenols is 1. The summed E-state index contributed by atoms with van der Waals surface area (Å²) in [6.07, 6.45) is 5.17. The van der Waals surface area contributed by atoms with Crippen LogP contribution in [0.5, 0.6) is 17.2 Å². The molecule has 2 aromatic carbocycles. The number of phenolic OH excluding ortho intramolecular Hbond substituents is 1. The third-order valence-corrected chi connectivity index (χ3v) is 4.54. The molecule has 0 fully saturated rings. The highest BCUT2D eigenvalue weighted by Crippen LogP contribution is 2.29. The number of aromatic hydroxyl groups is 1. The zero-order valence-corrected chi connectivity index (χ0v) is 14.4. The number of hydrogen-bond acceptors (Lipinski definition) is 4. The van der Waals surface area contributed by atoms with E-state index in [2.05, 4.69) is 6.92 Å². The number of hydrogen-bond donors (Lipinski definition) is 2. The van der Waals surface area contributed by atoms with E-state index in [-0.39, 0.29) is 10.6 Å². The molecule has 0 aliphatic carbocycles. The summed E-state index contributed by atoms with van der Waals surface area (Å²) in [4.78, 5) is -0.224. The lowest BCUT2D eigenvalue weighted by Crippen LogP contribution is -1.98. The molecular formula is C18H22O5S. The maximum atomic E-state index is 11.2. The van der Waals surface area contributed by atoms with E-state index < -0.39 is 10.1 Å². The van der Waals surface area contributed by atoms with Crippen molar-refractivity contribution in [2.45, 2.75) is 43.9 Å². The zero-order chi connectivity index (χ0) is 17.6. The first-order valence-electron chi connectivity index (χ1n) is 7.97. The molecule has 0 aromatic heterocycles. The average Bonchev–Trinajstić information content (AvgIpc) is 2.54. The van der Waals surface area contributed by atoms with Gasteiger partial charge in [0.1, 0.15) is 17.2 Å². The molecule has 5 nitrogen and oxygen atoms in total. The molecule has 0 atom stereocenters. The fourth-order valence-corrected chi connectivity index (χ4v) is 2.92. The van der Waals surface area contributed by atoms with Gasteiger partial charge in [0, 0.05) is 6.07 Å². The summed E-state index contributed by atoms with van der Waals surface area (Å²) in [7, 11) is -4.27. The minimum atomic E-state index is -4.27. The van der Waals surface area contributed by atoms with Crippen LogP contribution in [0.4, 0.5) is 0 Å². The number of ether oxygens (including phenoxy) is 1. The van der Waals surface area contributed by atoms with Gasteiger partial charge in [0.2, 0.25) is 0 Å². The summed E-state index contributed by atoms with van der Waals surface area (Å²) in [5.74, 6) is 1.03. The Balaban J connectivity index is 2.13. The van der Waals surface area contributed by atoms with Gasteiger partial charge in [-0.2, -0.15) is 8.42 Å². The van der Waals surface area contributed by atoms with Gasteiger partial charge in [-0.15, -0.1) is 0 Å². The van der Waals surface area contributed by atoms with E-state index in [9.17, 15) is 13.5 Å². The summed E-state index contributed by atoms with van der Waals surface area (Å²) >= 11 is 0. The molecule has 6 heteroatoms. The Morgan fingerprint density at radius 2 is 1.75 bits per heavy atom.